The van der Waals surface area contributed by atoms with Crippen molar-refractivity contribution < 1.29 is 19.1 Å². The molecule has 0 fully saturated rings. The molecule has 0 aliphatic rings. The van der Waals surface area contributed by atoms with Gasteiger partial charge in [-0.25, -0.2) is 9.78 Å². The first kappa shape index (κ1) is 14.2. The molecule has 0 amide bonds. The van der Waals surface area contributed by atoms with Crippen LogP contribution in [-0.4, -0.2) is 29.4 Å². The topological polar surface area (TPSA) is 65.5 Å². The molecule has 1 heterocycles. The van der Waals surface area contributed by atoms with E-state index in [-0.39, 0.29) is 6.61 Å². The lowest BCUT2D eigenvalue weighted by Gasteiger charge is -2.23. The third-order valence-electron chi connectivity index (χ3n) is 2.48. The molecule has 0 aliphatic heterocycles. The quantitative estimate of drug-likeness (QED) is 0.571. The van der Waals surface area contributed by atoms with Gasteiger partial charge in [0.2, 0.25) is 0 Å². The zero-order valence-electron chi connectivity index (χ0n) is 10.8. The van der Waals surface area contributed by atoms with Crippen LogP contribution >= 0.6 is 0 Å². The predicted molar refractivity (Wildman–Crippen MR) is 65.6 cm³/mol. The van der Waals surface area contributed by atoms with Crippen LogP contribution in [0.2, 0.25) is 0 Å². The summed E-state index contributed by atoms with van der Waals surface area (Å²) in [6.45, 7) is 5.44. The third kappa shape index (κ3) is 4.53. The highest BCUT2D eigenvalue weighted by molar-refractivity contribution is 5.72. The van der Waals surface area contributed by atoms with Crippen LogP contribution in [0.25, 0.3) is 0 Å². The highest BCUT2D eigenvalue weighted by Gasteiger charge is 2.20. The van der Waals surface area contributed by atoms with Crippen molar-refractivity contribution in [3.8, 4) is 5.75 Å². The minimum atomic E-state index is -0.486. The minimum absolute atomic E-state index is 0.175. The summed E-state index contributed by atoms with van der Waals surface area (Å²) in [5.41, 5.74) is -0.169. The molecule has 0 saturated heterocycles. The van der Waals surface area contributed by atoms with Crippen molar-refractivity contribution in [3.63, 3.8) is 0 Å². The van der Waals surface area contributed by atoms with E-state index < -0.39 is 11.6 Å². The number of hydrogen-bond donors (Lipinski definition) is 0. The molecule has 0 spiro atoms. The van der Waals surface area contributed by atoms with Crippen LogP contribution < -0.4 is 4.74 Å². The third-order valence-corrected chi connectivity index (χ3v) is 2.48. The number of rotatable bonds is 6. The summed E-state index contributed by atoms with van der Waals surface area (Å²) in [5, 5.41) is 0. The Morgan fingerprint density at radius 3 is 2.67 bits per heavy atom. The second kappa shape index (κ2) is 6.14. The SMILES string of the molecule is CCC(C)(C)OC(=O)COc1ccc(C=O)nc1. The van der Waals surface area contributed by atoms with Crippen molar-refractivity contribution in [1.82, 2.24) is 4.98 Å². The Morgan fingerprint density at radius 1 is 1.44 bits per heavy atom. The lowest BCUT2D eigenvalue weighted by Crippen LogP contribution is -2.29. The van der Waals surface area contributed by atoms with Gasteiger partial charge in [-0.15, -0.1) is 0 Å². The van der Waals surface area contributed by atoms with Gasteiger partial charge in [0, 0.05) is 0 Å². The largest absolute Gasteiger partial charge is 0.480 e. The van der Waals surface area contributed by atoms with E-state index >= 15 is 0 Å². The van der Waals surface area contributed by atoms with E-state index in [1.54, 1.807) is 6.07 Å². The lowest BCUT2D eigenvalue weighted by atomic mass is 10.1. The normalized spacial score (nSPS) is 10.8. The average Bonchev–Trinajstić information content (AvgIpc) is 2.36. The number of nitrogens with zero attached hydrogens (tertiary/aromatic N) is 1. The molecule has 1 aromatic heterocycles. The number of carbonyl (C=O) groups is 2. The molecule has 5 heteroatoms. The van der Waals surface area contributed by atoms with Crippen molar-refractivity contribution in [2.45, 2.75) is 32.8 Å². The predicted octanol–water partition coefficient (Wildman–Crippen LogP) is 2.00. The molecular formula is C13H17NO4. The zero-order valence-corrected chi connectivity index (χ0v) is 10.8. The monoisotopic (exact) mass is 251 g/mol. The van der Waals surface area contributed by atoms with E-state index in [0.29, 0.717) is 17.7 Å². The van der Waals surface area contributed by atoms with Crippen molar-refractivity contribution in [3.05, 3.63) is 24.0 Å². The second-order valence-electron chi connectivity index (χ2n) is 4.41. The van der Waals surface area contributed by atoms with Crippen LogP contribution in [0.3, 0.4) is 0 Å². The van der Waals surface area contributed by atoms with Gasteiger partial charge < -0.3 is 9.47 Å². The van der Waals surface area contributed by atoms with Crippen molar-refractivity contribution in [2.75, 3.05) is 6.61 Å². The van der Waals surface area contributed by atoms with E-state index in [9.17, 15) is 9.59 Å². The fourth-order valence-corrected chi connectivity index (χ4v) is 1.10. The van der Waals surface area contributed by atoms with Crippen LogP contribution in [0.5, 0.6) is 5.75 Å². The lowest BCUT2D eigenvalue weighted by molar-refractivity contribution is -0.159. The fraction of sp³-hybridized carbons (Fsp3) is 0.462. The number of carbonyl (C=O) groups excluding carboxylic acids is 2. The van der Waals surface area contributed by atoms with Crippen LogP contribution in [0, 0.1) is 0 Å². The molecule has 18 heavy (non-hydrogen) atoms. The van der Waals surface area contributed by atoms with E-state index in [1.165, 1.54) is 12.3 Å². The van der Waals surface area contributed by atoms with E-state index in [0.717, 1.165) is 6.42 Å². The van der Waals surface area contributed by atoms with Gasteiger partial charge in [0.05, 0.1) is 6.20 Å². The molecule has 0 N–H and O–H groups in total. The Balaban J connectivity index is 2.44. The summed E-state index contributed by atoms with van der Waals surface area (Å²) in [4.78, 5) is 25.7. The first-order valence-corrected chi connectivity index (χ1v) is 5.72. The Kier molecular flexibility index (Phi) is 4.83. The first-order chi connectivity index (χ1) is 8.46. The number of aromatic nitrogens is 1. The van der Waals surface area contributed by atoms with Crippen LogP contribution in [0.1, 0.15) is 37.7 Å². The van der Waals surface area contributed by atoms with Gasteiger partial charge in [-0.3, -0.25) is 4.79 Å². The molecule has 0 radical (unpaired) electrons. The van der Waals surface area contributed by atoms with Crippen molar-refractivity contribution in [1.29, 1.82) is 0 Å². The summed E-state index contributed by atoms with van der Waals surface area (Å²) in [6, 6.07) is 3.10. The van der Waals surface area contributed by atoms with Gasteiger partial charge in [0.25, 0.3) is 0 Å². The zero-order chi connectivity index (χ0) is 13.6. The molecule has 1 rings (SSSR count). The van der Waals surface area contributed by atoms with Crippen molar-refractivity contribution >= 4 is 12.3 Å². The molecule has 0 aliphatic carbocycles. The number of pyridine rings is 1. The molecule has 0 atom stereocenters. The molecule has 0 bridgehead atoms. The average molecular weight is 251 g/mol. The Labute approximate surface area is 106 Å². The number of hydrogen-bond acceptors (Lipinski definition) is 5. The molecule has 98 valence electrons. The fourth-order valence-electron chi connectivity index (χ4n) is 1.10. The summed E-state index contributed by atoms with van der Waals surface area (Å²) < 4.78 is 10.4. The standard InChI is InChI=1S/C13H17NO4/c1-4-13(2,3)18-12(16)9-17-11-6-5-10(8-15)14-7-11/h5-8H,4,9H2,1-3H3. The summed E-state index contributed by atoms with van der Waals surface area (Å²) in [5.74, 6) is -0.00633. The van der Waals surface area contributed by atoms with Gasteiger partial charge in [0.15, 0.2) is 12.9 Å². The summed E-state index contributed by atoms with van der Waals surface area (Å²) in [6.07, 6.45) is 2.76. The molecule has 0 unspecified atom stereocenters. The second-order valence-corrected chi connectivity index (χ2v) is 4.41. The smallest absolute Gasteiger partial charge is 0.344 e. The van der Waals surface area contributed by atoms with Gasteiger partial charge in [0.1, 0.15) is 17.0 Å². The maximum Gasteiger partial charge on any atom is 0.344 e. The maximum absolute atomic E-state index is 11.5. The van der Waals surface area contributed by atoms with Crippen molar-refractivity contribution in [2.24, 2.45) is 0 Å². The van der Waals surface area contributed by atoms with Crippen LogP contribution in [0.4, 0.5) is 0 Å². The Bertz CT molecular complexity index is 412. The molecule has 1 aromatic rings. The van der Waals surface area contributed by atoms with Gasteiger partial charge in [-0.2, -0.15) is 0 Å². The highest BCUT2D eigenvalue weighted by atomic mass is 16.6. The van der Waals surface area contributed by atoms with Crippen LogP contribution in [-0.2, 0) is 9.53 Å². The van der Waals surface area contributed by atoms with Gasteiger partial charge in [-0.1, -0.05) is 6.92 Å². The van der Waals surface area contributed by atoms with E-state index in [4.69, 9.17) is 9.47 Å². The van der Waals surface area contributed by atoms with E-state index in [1.807, 2.05) is 20.8 Å². The van der Waals surface area contributed by atoms with Gasteiger partial charge >= 0.3 is 5.97 Å². The molecule has 0 saturated carbocycles. The Morgan fingerprint density at radius 2 is 2.17 bits per heavy atom. The molecule has 5 nitrogen and oxygen atoms in total. The molecule has 0 aromatic carbocycles. The minimum Gasteiger partial charge on any atom is -0.480 e. The number of esters is 1. The van der Waals surface area contributed by atoms with E-state index in [2.05, 4.69) is 4.98 Å². The van der Waals surface area contributed by atoms with Crippen LogP contribution in [0.15, 0.2) is 18.3 Å². The Hall–Kier alpha value is -1.91. The maximum atomic E-state index is 11.5. The van der Waals surface area contributed by atoms with Gasteiger partial charge in [-0.05, 0) is 32.4 Å². The summed E-state index contributed by atoms with van der Waals surface area (Å²) in [7, 11) is 0. The summed E-state index contributed by atoms with van der Waals surface area (Å²) >= 11 is 0. The highest BCUT2D eigenvalue weighted by Crippen LogP contribution is 2.14. The number of aldehydes is 1. The number of ether oxygens (including phenoxy) is 2. The molecular weight excluding hydrogens is 234 g/mol. The first-order valence-electron chi connectivity index (χ1n) is 5.72.